The molecular weight excluding hydrogens is 503 g/mol. The molecule has 1 amide bonds. The number of aromatic nitrogens is 2. The topological polar surface area (TPSA) is 104 Å². The Labute approximate surface area is 256 Å². The predicted octanol–water partition coefficient (Wildman–Crippen LogP) is 1.69. The van der Waals surface area contributed by atoms with Crippen LogP contribution in [0, 0.1) is 0 Å². The van der Waals surface area contributed by atoms with Crippen LogP contribution in [0.3, 0.4) is 0 Å². The molecule has 0 aliphatic carbocycles. The minimum absolute atomic E-state index is 0. The molecule has 10 heteroatoms. The number of hydrogen-bond donors (Lipinski definition) is 0. The van der Waals surface area contributed by atoms with Crippen molar-refractivity contribution in [3.63, 3.8) is 0 Å². The number of carbonyl (C=O) groups is 1. The Morgan fingerprint density at radius 3 is 2.11 bits per heavy atom. The number of hydrogen-bond acceptors (Lipinski definition) is 7. The molecule has 0 radical (unpaired) electrons. The zero-order valence-corrected chi connectivity index (χ0v) is 25.2. The zero-order valence-electron chi connectivity index (χ0n) is 21.3. The first-order chi connectivity index (χ1) is 16.7. The van der Waals surface area contributed by atoms with Gasteiger partial charge in [0.1, 0.15) is 5.82 Å². The van der Waals surface area contributed by atoms with Crippen LogP contribution in [0.15, 0.2) is 66.9 Å². The Bertz CT molecular complexity index is 1210. The summed E-state index contributed by atoms with van der Waals surface area (Å²) in [4.78, 5) is 23.5. The minimum Gasteiger partial charge on any atom is -0.544 e. The van der Waals surface area contributed by atoms with Gasteiger partial charge in [0.15, 0.2) is 0 Å². The molecule has 0 spiro atoms. The van der Waals surface area contributed by atoms with Gasteiger partial charge in [-0.05, 0) is 26.7 Å². The van der Waals surface area contributed by atoms with Crippen LogP contribution in [0.2, 0.25) is 0 Å². The summed E-state index contributed by atoms with van der Waals surface area (Å²) < 4.78 is 30.4. The molecule has 0 aliphatic rings. The Morgan fingerprint density at radius 2 is 1.56 bits per heavy atom. The first-order valence-electron chi connectivity index (χ1n) is 11.5. The molecule has 0 aliphatic heterocycles. The van der Waals surface area contributed by atoms with E-state index in [-0.39, 0.29) is 64.0 Å². The second-order valence-electron chi connectivity index (χ2n) is 8.42. The van der Waals surface area contributed by atoms with Crippen LogP contribution in [-0.2, 0) is 19.6 Å². The van der Waals surface area contributed by atoms with Gasteiger partial charge in [0.05, 0.1) is 40.1 Å². The number of sulfonamides is 1. The van der Waals surface area contributed by atoms with Gasteiger partial charge in [-0.2, -0.15) is 0 Å². The van der Waals surface area contributed by atoms with Gasteiger partial charge in [-0.3, -0.25) is 4.98 Å². The van der Waals surface area contributed by atoms with E-state index in [9.17, 15) is 13.2 Å². The fraction of sp³-hybridized carbons (Fsp3) is 0.346. The smallest absolute Gasteiger partial charge is 0.544 e. The largest absolute Gasteiger partial charge is 1.00 e. The summed E-state index contributed by atoms with van der Waals surface area (Å²) >= 11 is 0. The van der Waals surface area contributed by atoms with Crippen molar-refractivity contribution in [1.29, 1.82) is 0 Å². The number of amides is 1. The number of carbonyl (C=O) groups excluding carboxylic acids is 1. The van der Waals surface area contributed by atoms with E-state index in [2.05, 4.69) is 23.5 Å². The molecule has 1 heterocycles. The van der Waals surface area contributed by atoms with Crippen LogP contribution in [0.25, 0.3) is 27.2 Å². The fourth-order valence-corrected chi connectivity index (χ4v) is 4.04. The van der Waals surface area contributed by atoms with Gasteiger partial charge in [-0.1, -0.05) is 60.7 Å². The maximum atomic E-state index is 11.5. The SMILES string of the molecule is CC(C)N(CCCCOCC(=O)[N-]S(C)(=O)=O)c1cnc(-c2ccccc2)c(-c2ccccc2)n1.[K+]. The van der Waals surface area contributed by atoms with Crippen molar-refractivity contribution >= 4 is 21.7 Å². The van der Waals surface area contributed by atoms with Gasteiger partial charge in [0, 0.05) is 36.6 Å². The normalized spacial score (nSPS) is 11.1. The van der Waals surface area contributed by atoms with Crippen molar-refractivity contribution in [2.45, 2.75) is 32.7 Å². The van der Waals surface area contributed by atoms with Crippen LogP contribution >= 0.6 is 0 Å². The Kier molecular flexibility index (Phi) is 12.7. The van der Waals surface area contributed by atoms with Gasteiger partial charge >= 0.3 is 51.4 Å². The monoisotopic (exact) mass is 534 g/mol. The van der Waals surface area contributed by atoms with E-state index in [4.69, 9.17) is 14.7 Å². The summed E-state index contributed by atoms with van der Waals surface area (Å²) in [5.41, 5.74) is 3.68. The van der Waals surface area contributed by atoms with Crippen LogP contribution in [0.1, 0.15) is 26.7 Å². The molecule has 0 unspecified atom stereocenters. The molecule has 0 fully saturated rings. The van der Waals surface area contributed by atoms with Crippen molar-refractivity contribution in [2.75, 3.05) is 30.9 Å². The molecule has 0 saturated heterocycles. The van der Waals surface area contributed by atoms with E-state index in [1.807, 2.05) is 66.9 Å². The molecule has 1 aromatic heterocycles. The van der Waals surface area contributed by atoms with Crippen LogP contribution in [-0.4, -0.2) is 56.3 Å². The van der Waals surface area contributed by atoms with E-state index in [0.717, 1.165) is 47.6 Å². The van der Waals surface area contributed by atoms with Crippen molar-refractivity contribution in [2.24, 2.45) is 0 Å². The Hall–Kier alpha value is -1.66. The van der Waals surface area contributed by atoms with Gasteiger partial charge < -0.3 is 19.2 Å². The number of rotatable bonds is 12. The van der Waals surface area contributed by atoms with Gasteiger partial charge in [-0.15, -0.1) is 0 Å². The average molecular weight is 535 g/mol. The van der Waals surface area contributed by atoms with E-state index in [0.29, 0.717) is 13.0 Å². The third kappa shape index (κ3) is 9.66. The molecule has 36 heavy (non-hydrogen) atoms. The molecular formula is C26H31KN4O4S. The summed E-state index contributed by atoms with van der Waals surface area (Å²) in [5.74, 6) is 0.000103. The summed E-state index contributed by atoms with van der Waals surface area (Å²) in [6.45, 7) is 4.95. The Balaban J connectivity index is 0.00000456. The minimum atomic E-state index is -3.69. The van der Waals surface area contributed by atoms with E-state index in [1.165, 1.54) is 0 Å². The molecule has 3 rings (SSSR count). The summed E-state index contributed by atoms with van der Waals surface area (Å²) in [6, 6.07) is 20.3. The number of benzene rings is 2. The number of unbranched alkanes of at least 4 members (excludes halogenated alkanes) is 1. The third-order valence-corrected chi connectivity index (χ3v) is 5.74. The molecule has 186 valence electrons. The van der Waals surface area contributed by atoms with Crippen LogP contribution in [0.4, 0.5) is 5.82 Å². The number of anilines is 1. The van der Waals surface area contributed by atoms with Gasteiger partial charge in [0.25, 0.3) is 0 Å². The summed E-state index contributed by atoms with van der Waals surface area (Å²) in [6.07, 6.45) is 4.20. The molecule has 0 atom stereocenters. The van der Waals surface area contributed by atoms with Crippen molar-refractivity contribution < 1.29 is 69.3 Å². The van der Waals surface area contributed by atoms with Crippen molar-refractivity contribution in [3.8, 4) is 22.5 Å². The fourth-order valence-electron chi connectivity index (χ4n) is 3.62. The molecule has 3 aromatic rings. The second-order valence-corrected chi connectivity index (χ2v) is 10.1. The van der Waals surface area contributed by atoms with E-state index < -0.39 is 15.9 Å². The summed E-state index contributed by atoms with van der Waals surface area (Å²) in [7, 11) is -3.69. The zero-order chi connectivity index (χ0) is 25.3. The number of nitrogens with zero attached hydrogens (tertiary/aromatic N) is 4. The standard InChI is InChI=1S/C26H32N4O4S.K/c1-20(2)30(16-10-11-17-34-19-24(31)29-35(3,32)33)23-18-27-25(21-12-6-4-7-13-21)26(28-23)22-14-8-5-9-15-22;/h4-9,12-15,18,20H,10-11,16-17,19H2,1-3H3,(H,29,31);/q;+1/p-1. The van der Waals surface area contributed by atoms with Gasteiger partial charge in [-0.25, -0.2) is 13.4 Å². The molecule has 0 saturated carbocycles. The quantitative estimate of drug-likeness (QED) is 0.257. The molecule has 8 nitrogen and oxygen atoms in total. The average Bonchev–Trinajstić information content (AvgIpc) is 2.83. The molecule has 0 N–H and O–H groups in total. The van der Waals surface area contributed by atoms with Crippen molar-refractivity contribution in [3.05, 3.63) is 71.6 Å². The first kappa shape index (κ1) is 30.6. The Morgan fingerprint density at radius 1 is 0.972 bits per heavy atom. The van der Waals surface area contributed by atoms with Gasteiger partial charge in [0.2, 0.25) is 0 Å². The maximum Gasteiger partial charge on any atom is 1.00 e. The summed E-state index contributed by atoms with van der Waals surface area (Å²) in [5, 5.41) is 0. The van der Waals surface area contributed by atoms with Crippen LogP contribution in [0.5, 0.6) is 0 Å². The van der Waals surface area contributed by atoms with E-state index >= 15 is 0 Å². The first-order valence-corrected chi connectivity index (χ1v) is 13.4. The maximum absolute atomic E-state index is 11.5. The van der Waals surface area contributed by atoms with E-state index in [1.54, 1.807) is 0 Å². The second kappa shape index (κ2) is 14.9. The predicted molar refractivity (Wildman–Crippen MR) is 139 cm³/mol. The third-order valence-electron chi connectivity index (χ3n) is 5.20. The van der Waals surface area contributed by atoms with Crippen LogP contribution < -0.4 is 56.3 Å². The number of ether oxygens (including phenoxy) is 1. The van der Waals surface area contributed by atoms with Crippen molar-refractivity contribution in [1.82, 2.24) is 9.97 Å². The molecule has 0 bridgehead atoms. The molecule has 2 aromatic carbocycles.